The van der Waals surface area contributed by atoms with Crippen LogP contribution in [0.3, 0.4) is 0 Å². The lowest BCUT2D eigenvalue weighted by Gasteiger charge is -2.37. The van der Waals surface area contributed by atoms with Gasteiger partial charge >= 0.3 is 0 Å². The van der Waals surface area contributed by atoms with Gasteiger partial charge < -0.3 is 4.90 Å². The van der Waals surface area contributed by atoms with Gasteiger partial charge in [-0.2, -0.15) is 0 Å². The zero-order valence-electron chi connectivity index (χ0n) is 36.2. The number of fused-ring (bicyclic) bond motifs is 14. The average Bonchev–Trinajstić information content (AvgIpc) is 4.10. The number of para-hydroxylation sites is 1. The SMILES string of the molecule is CC1(C)c2ccccc2-c2ccc(-c3ccc(N(c4ccc5c(c4)C4(CC6CCC4C6)c4ccccc4-5)c4ccccc4-c4cccc5c4C(C)(C)c4ccccc4-5)cc3)cc21. The first kappa shape index (κ1) is 36.2. The van der Waals surface area contributed by atoms with Crippen LogP contribution in [0.2, 0.25) is 0 Å². The maximum Gasteiger partial charge on any atom is 0.0540 e. The second kappa shape index (κ2) is 12.8. The van der Waals surface area contributed by atoms with Crippen LogP contribution >= 0.6 is 0 Å². The number of nitrogens with zero attached hydrogens (tertiary/aromatic N) is 1. The average molecular weight is 798 g/mol. The predicted molar refractivity (Wildman–Crippen MR) is 259 cm³/mol. The van der Waals surface area contributed by atoms with Gasteiger partial charge in [-0.1, -0.05) is 174 Å². The molecule has 3 unspecified atom stereocenters. The Kier molecular flexibility index (Phi) is 7.48. The zero-order valence-corrected chi connectivity index (χ0v) is 36.2. The summed E-state index contributed by atoms with van der Waals surface area (Å²) in [6.45, 7) is 9.56. The van der Waals surface area contributed by atoms with Crippen LogP contribution in [0.1, 0.15) is 86.8 Å². The summed E-state index contributed by atoms with van der Waals surface area (Å²) in [7, 11) is 0. The Hall–Kier alpha value is -6.44. The van der Waals surface area contributed by atoms with E-state index >= 15 is 0 Å². The van der Waals surface area contributed by atoms with E-state index in [2.05, 4.69) is 209 Å². The topological polar surface area (TPSA) is 3.24 Å². The molecule has 3 atom stereocenters. The minimum atomic E-state index is -0.137. The number of hydrogen-bond acceptors (Lipinski definition) is 1. The Balaban J connectivity index is 0.988. The summed E-state index contributed by atoms with van der Waals surface area (Å²) in [6.07, 6.45) is 5.34. The normalized spacial score (nSPS) is 21.0. The third-order valence-corrected chi connectivity index (χ3v) is 16.3. The molecule has 0 radical (unpaired) electrons. The van der Waals surface area contributed by atoms with Crippen LogP contribution in [0.25, 0.3) is 55.6 Å². The van der Waals surface area contributed by atoms with Crippen molar-refractivity contribution in [2.24, 2.45) is 11.8 Å². The number of benzene rings is 8. The van der Waals surface area contributed by atoms with Gasteiger partial charge in [0.2, 0.25) is 0 Å². The number of anilines is 3. The van der Waals surface area contributed by atoms with Crippen LogP contribution in [0.4, 0.5) is 17.1 Å². The van der Waals surface area contributed by atoms with E-state index in [-0.39, 0.29) is 16.2 Å². The molecular formula is C61H51N. The van der Waals surface area contributed by atoms with E-state index in [0.717, 1.165) is 5.92 Å². The van der Waals surface area contributed by atoms with E-state index < -0.39 is 0 Å². The van der Waals surface area contributed by atoms with E-state index in [4.69, 9.17) is 0 Å². The van der Waals surface area contributed by atoms with Crippen molar-refractivity contribution in [1.82, 2.24) is 0 Å². The number of rotatable bonds is 5. The first-order chi connectivity index (χ1) is 30.2. The summed E-state index contributed by atoms with van der Waals surface area (Å²) in [5.41, 5.74) is 25.6. The van der Waals surface area contributed by atoms with Gasteiger partial charge in [-0.3, -0.25) is 0 Å². The Morgan fingerprint density at radius 2 is 0.935 bits per heavy atom. The summed E-state index contributed by atoms with van der Waals surface area (Å²) in [4.78, 5) is 2.57. The molecule has 13 rings (SSSR count). The van der Waals surface area contributed by atoms with Crippen molar-refractivity contribution in [1.29, 1.82) is 0 Å². The molecule has 300 valence electrons. The molecule has 0 aliphatic heterocycles. The molecule has 2 saturated carbocycles. The smallest absolute Gasteiger partial charge is 0.0540 e. The summed E-state index contributed by atoms with van der Waals surface area (Å²) < 4.78 is 0. The molecule has 8 aromatic rings. The molecule has 2 bridgehead atoms. The van der Waals surface area contributed by atoms with Crippen molar-refractivity contribution in [3.8, 4) is 55.6 Å². The second-order valence-corrected chi connectivity index (χ2v) is 20.1. The van der Waals surface area contributed by atoms with Crippen LogP contribution in [-0.2, 0) is 16.2 Å². The summed E-state index contributed by atoms with van der Waals surface area (Å²) in [5, 5.41) is 0. The van der Waals surface area contributed by atoms with Crippen molar-refractivity contribution in [2.45, 2.75) is 69.6 Å². The lowest BCUT2D eigenvalue weighted by Crippen LogP contribution is -2.32. The summed E-state index contributed by atoms with van der Waals surface area (Å²) in [5.74, 6) is 1.52. The van der Waals surface area contributed by atoms with Crippen molar-refractivity contribution >= 4 is 17.1 Å². The molecular weight excluding hydrogens is 747 g/mol. The monoisotopic (exact) mass is 797 g/mol. The second-order valence-electron chi connectivity index (χ2n) is 20.1. The molecule has 2 fully saturated rings. The minimum absolute atomic E-state index is 0.0423. The minimum Gasteiger partial charge on any atom is -0.310 e. The van der Waals surface area contributed by atoms with Crippen LogP contribution in [0.15, 0.2) is 176 Å². The van der Waals surface area contributed by atoms with Crippen molar-refractivity contribution < 1.29 is 0 Å². The molecule has 0 heterocycles. The molecule has 0 aromatic heterocycles. The highest BCUT2D eigenvalue weighted by Crippen LogP contribution is 2.66. The van der Waals surface area contributed by atoms with Gasteiger partial charge in [-0.15, -0.1) is 0 Å². The van der Waals surface area contributed by atoms with E-state index in [1.165, 1.54) is 121 Å². The molecule has 1 heteroatoms. The van der Waals surface area contributed by atoms with Crippen LogP contribution < -0.4 is 4.90 Å². The van der Waals surface area contributed by atoms with Crippen molar-refractivity contribution in [3.05, 3.63) is 209 Å². The Morgan fingerprint density at radius 3 is 1.65 bits per heavy atom. The first-order valence-corrected chi connectivity index (χ1v) is 23.0. The summed E-state index contributed by atoms with van der Waals surface area (Å²) >= 11 is 0. The van der Waals surface area contributed by atoms with Crippen molar-refractivity contribution in [3.63, 3.8) is 0 Å². The summed E-state index contributed by atoms with van der Waals surface area (Å²) in [6, 6.07) is 67.5. The lowest BCUT2D eigenvalue weighted by molar-refractivity contribution is 0.327. The highest BCUT2D eigenvalue weighted by atomic mass is 15.1. The van der Waals surface area contributed by atoms with Gasteiger partial charge in [0.15, 0.2) is 0 Å². The van der Waals surface area contributed by atoms with E-state index in [0.29, 0.717) is 5.92 Å². The Bertz CT molecular complexity index is 3160. The highest BCUT2D eigenvalue weighted by Gasteiger charge is 2.56. The van der Waals surface area contributed by atoms with Gasteiger partial charge in [-0.25, -0.2) is 0 Å². The van der Waals surface area contributed by atoms with E-state index in [9.17, 15) is 0 Å². The van der Waals surface area contributed by atoms with Crippen molar-refractivity contribution in [2.75, 3.05) is 4.90 Å². The fourth-order valence-electron chi connectivity index (χ4n) is 13.6. The third-order valence-electron chi connectivity index (χ3n) is 16.3. The third kappa shape index (κ3) is 4.80. The van der Waals surface area contributed by atoms with Crippen LogP contribution in [-0.4, -0.2) is 0 Å². The van der Waals surface area contributed by atoms with Gasteiger partial charge in [0, 0.05) is 33.2 Å². The molecule has 5 aliphatic rings. The van der Waals surface area contributed by atoms with Gasteiger partial charge in [-0.05, 0) is 151 Å². The standard InChI is InChI=1S/C61H51N/c1-59(2)52-20-9-5-14-44(52)47-32-27-40(35-55(47)59)39-25-29-42(30-26-39)62(43-31-33-48-45-15-7-11-22-54(45)61(56(48)36-43)37-38-24-28-41(61)34-38)57-23-12-8-17-49(57)51-19-13-18-50-46-16-6-10-21-53(46)60(3,4)58(50)51/h5-23,25-27,29-33,35-36,38,41H,24,28,34,37H2,1-4H3. The molecule has 0 amide bonds. The largest absolute Gasteiger partial charge is 0.310 e. The quantitative estimate of drug-likeness (QED) is 0.168. The lowest BCUT2D eigenvalue weighted by atomic mass is 9.67. The van der Waals surface area contributed by atoms with Crippen LogP contribution in [0.5, 0.6) is 0 Å². The zero-order chi connectivity index (χ0) is 41.5. The molecule has 1 spiro atoms. The van der Waals surface area contributed by atoms with Crippen LogP contribution in [0, 0.1) is 11.8 Å². The van der Waals surface area contributed by atoms with Gasteiger partial charge in [0.05, 0.1) is 5.69 Å². The molecule has 5 aliphatic carbocycles. The molecule has 0 saturated heterocycles. The number of hydrogen-bond donors (Lipinski definition) is 0. The Labute approximate surface area is 366 Å². The Morgan fingerprint density at radius 1 is 0.403 bits per heavy atom. The first-order valence-electron chi connectivity index (χ1n) is 23.0. The molecule has 1 nitrogen and oxygen atoms in total. The predicted octanol–water partition coefficient (Wildman–Crippen LogP) is 16.2. The molecule has 62 heavy (non-hydrogen) atoms. The molecule has 0 N–H and O–H groups in total. The highest BCUT2D eigenvalue weighted by molar-refractivity contribution is 5.96. The molecule has 8 aromatic carbocycles. The fraction of sp³-hybridized carbons (Fsp3) is 0.213. The maximum atomic E-state index is 2.61. The van der Waals surface area contributed by atoms with Gasteiger partial charge in [0.1, 0.15) is 0 Å². The van der Waals surface area contributed by atoms with Gasteiger partial charge in [0.25, 0.3) is 0 Å². The maximum absolute atomic E-state index is 2.61. The van der Waals surface area contributed by atoms with E-state index in [1.54, 1.807) is 11.1 Å². The van der Waals surface area contributed by atoms with E-state index in [1.807, 2.05) is 0 Å². The fourth-order valence-corrected chi connectivity index (χ4v) is 13.6.